The zero-order chi connectivity index (χ0) is 20.9. The number of nitriles is 2. The fourth-order valence-corrected chi connectivity index (χ4v) is 3.07. The van der Waals surface area contributed by atoms with Crippen LogP contribution in [0.4, 0.5) is 5.69 Å². The molecule has 0 unspecified atom stereocenters. The molecule has 1 saturated heterocycles. The van der Waals surface area contributed by atoms with Crippen LogP contribution in [0.1, 0.15) is 11.1 Å². The van der Waals surface area contributed by atoms with Crippen LogP contribution in [0.2, 0.25) is 0 Å². The molecule has 30 heavy (non-hydrogen) atoms. The van der Waals surface area contributed by atoms with E-state index < -0.39 is 21.4 Å². The predicted molar refractivity (Wildman–Crippen MR) is 117 cm³/mol. The molecule has 0 radical (unpaired) electrons. The summed E-state index contributed by atoms with van der Waals surface area (Å²) in [6.45, 7) is 3.53. The number of benzene rings is 3. The first-order valence-corrected chi connectivity index (χ1v) is 9.23. The topological polar surface area (TPSA) is 87.6 Å². The Morgan fingerprint density at radius 1 is 0.600 bits per heavy atom. The Labute approximate surface area is 175 Å². The fourth-order valence-electron chi connectivity index (χ4n) is 3.07. The molecule has 9 heteroatoms. The van der Waals surface area contributed by atoms with Crippen molar-refractivity contribution >= 4 is 50.1 Å². The van der Waals surface area contributed by atoms with E-state index in [4.69, 9.17) is 24.2 Å². The van der Waals surface area contributed by atoms with Crippen molar-refractivity contribution in [2.24, 2.45) is 4.99 Å². The van der Waals surface area contributed by atoms with Crippen molar-refractivity contribution in [2.75, 3.05) is 0 Å². The van der Waals surface area contributed by atoms with E-state index in [1.54, 1.807) is 48.5 Å². The van der Waals surface area contributed by atoms with Gasteiger partial charge < -0.3 is 13.7 Å². The summed E-state index contributed by atoms with van der Waals surface area (Å²) in [5.74, 6) is 0. The predicted octanol–water partition coefficient (Wildman–Crippen LogP) is 1.31. The van der Waals surface area contributed by atoms with Crippen LogP contribution in [0.25, 0.3) is 0 Å². The maximum absolute atomic E-state index is 9.04. The Balaban J connectivity index is 1.66. The summed E-state index contributed by atoms with van der Waals surface area (Å²) in [5.41, 5.74) is 4.20. The number of rotatable bonds is 4. The number of hydrogen-bond acceptors (Lipinski definition) is 6. The average molecular weight is 389 g/mol. The second kappa shape index (κ2) is 8.81. The molecule has 1 heterocycles. The molecule has 0 spiro atoms. The van der Waals surface area contributed by atoms with E-state index in [0.717, 1.165) is 22.1 Å². The third-order valence-electron chi connectivity index (χ3n) is 4.71. The lowest BCUT2D eigenvalue weighted by Gasteiger charge is -2.31. The normalized spacial score (nSPS) is 13.5. The van der Waals surface area contributed by atoms with Gasteiger partial charge in [0.05, 0.1) is 29.0 Å². The standard InChI is InChI=1S/C21H14B3N3O3/c1-27-21-12-10-20(11-13-21)24-29-22(18-6-2-16(14-25)3-7-18)28-23(30-24)19-8-4-17(15-26)5-9-19/h2-13H,1H2. The maximum atomic E-state index is 9.04. The lowest BCUT2D eigenvalue weighted by atomic mass is 9.61. The van der Waals surface area contributed by atoms with Crippen LogP contribution in [0.15, 0.2) is 77.8 Å². The largest absolute Gasteiger partial charge is 0.467 e. The van der Waals surface area contributed by atoms with Crippen molar-refractivity contribution in [1.29, 1.82) is 10.5 Å². The molecule has 0 atom stereocenters. The van der Waals surface area contributed by atoms with Gasteiger partial charge in [-0.3, -0.25) is 4.99 Å². The smallest absolute Gasteiger partial charge is 0.445 e. The molecule has 0 amide bonds. The molecule has 1 aliphatic heterocycles. The summed E-state index contributed by atoms with van der Waals surface area (Å²) < 4.78 is 18.2. The third-order valence-corrected chi connectivity index (χ3v) is 4.71. The van der Waals surface area contributed by atoms with Crippen molar-refractivity contribution in [3.63, 3.8) is 0 Å². The highest BCUT2D eigenvalue weighted by Gasteiger charge is 2.43. The highest BCUT2D eigenvalue weighted by atomic mass is 16.7. The summed E-state index contributed by atoms with van der Waals surface area (Å²) in [6.07, 6.45) is 0. The van der Waals surface area contributed by atoms with Gasteiger partial charge in [-0.1, -0.05) is 36.4 Å². The van der Waals surface area contributed by atoms with Gasteiger partial charge >= 0.3 is 21.4 Å². The molecule has 0 aromatic heterocycles. The molecule has 0 bridgehead atoms. The van der Waals surface area contributed by atoms with Crippen LogP contribution < -0.4 is 16.4 Å². The van der Waals surface area contributed by atoms with Gasteiger partial charge in [0, 0.05) is 0 Å². The molecular weight excluding hydrogens is 375 g/mol. The van der Waals surface area contributed by atoms with E-state index >= 15 is 0 Å². The van der Waals surface area contributed by atoms with Crippen LogP contribution in [-0.4, -0.2) is 28.1 Å². The summed E-state index contributed by atoms with van der Waals surface area (Å²) in [4.78, 5) is 3.91. The lowest BCUT2D eigenvalue weighted by molar-refractivity contribution is 0.308. The SMILES string of the molecule is C=Nc1ccc(B2OB(c3ccc(C#N)cc3)OB(c3ccc(C#N)cc3)O2)cc1. The first-order valence-electron chi connectivity index (χ1n) is 9.23. The summed E-state index contributed by atoms with van der Waals surface area (Å²) in [7, 11) is -2.08. The molecule has 140 valence electrons. The van der Waals surface area contributed by atoms with Gasteiger partial charge in [-0.2, -0.15) is 10.5 Å². The quantitative estimate of drug-likeness (QED) is 0.496. The van der Waals surface area contributed by atoms with Gasteiger partial charge in [-0.05, 0) is 59.5 Å². The van der Waals surface area contributed by atoms with E-state index in [1.807, 2.05) is 24.3 Å². The van der Waals surface area contributed by atoms with Crippen molar-refractivity contribution < 1.29 is 13.7 Å². The van der Waals surface area contributed by atoms with Crippen LogP contribution in [0.3, 0.4) is 0 Å². The molecule has 3 aromatic rings. The fraction of sp³-hybridized carbons (Fsp3) is 0. The molecule has 1 aliphatic rings. The second-order valence-electron chi connectivity index (χ2n) is 6.62. The Morgan fingerprint density at radius 3 is 1.23 bits per heavy atom. The zero-order valence-corrected chi connectivity index (χ0v) is 15.9. The highest BCUT2D eigenvalue weighted by molar-refractivity contribution is 6.87. The van der Waals surface area contributed by atoms with Crippen molar-refractivity contribution in [2.45, 2.75) is 0 Å². The Bertz CT molecular complexity index is 1060. The average Bonchev–Trinajstić information content (AvgIpc) is 2.84. The van der Waals surface area contributed by atoms with E-state index in [2.05, 4.69) is 23.8 Å². The van der Waals surface area contributed by atoms with E-state index in [9.17, 15) is 0 Å². The first-order chi connectivity index (χ1) is 14.7. The van der Waals surface area contributed by atoms with Crippen LogP contribution >= 0.6 is 0 Å². The minimum Gasteiger partial charge on any atom is -0.445 e. The number of hydrogen-bond donors (Lipinski definition) is 0. The van der Waals surface area contributed by atoms with Gasteiger partial charge in [0.1, 0.15) is 0 Å². The van der Waals surface area contributed by atoms with E-state index in [-0.39, 0.29) is 0 Å². The van der Waals surface area contributed by atoms with E-state index in [0.29, 0.717) is 11.1 Å². The number of aliphatic imine (C=N–C) groups is 1. The third kappa shape index (κ3) is 4.19. The van der Waals surface area contributed by atoms with Crippen molar-refractivity contribution in [1.82, 2.24) is 0 Å². The lowest BCUT2D eigenvalue weighted by Crippen LogP contribution is -2.61. The molecule has 1 fully saturated rings. The van der Waals surface area contributed by atoms with E-state index in [1.165, 1.54) is 0 Å². The Morgan fingerprint density at radius 2 is 0.933 bits per heavy atom. The van der Waals surface area contributed by atoms with Gasteiger partial charge in [0.25, 0.3) is 0 Å². The molecular formula is C21H14B3N3O3. The summed E-state index contributed by atoms with van der Waals surface area (Å²) in [6, 6.07) is 25.7. The van der Waals surface area contributed by atoms with Gasteiger partial charge in [-0.25, -0.2) is 0 Å². The second-order valence-corrected chi connectivity index (χ2v) is 6.62. The van der Waals surface area contributed by atoms with Crippen LogP contribution in [0.5, 0.6) is 0 Å². The number of nitrogens with zero attached hydrogens (tertiary/aromatic N) is 3. The first kappa shape index (κ1) is 19.7. The monoisotopic (exact) mass is 389 g/mol. The van der Waals surface area contributed by atoms with Crippen LogP contribution in [-0.2, 0) is 13.7 Å². The highest BCUT2D eigenvalue weighted by Crippen LogP contribution is 2.13. The Kier molecular flexibility index (Phi) is 5.78. The summed E-state index contributed by atoms with van der Waals surface area (Å²) in [5, 5.41) is 18.1. The zero-order valence-electron chi connectivity index (χ0n) is 15.9. The minimum atomic E-state index is -0.700. The molecule has 6 nitrogen and oxygen atoms in total. The molecule has 0 saturated carbocycles. The molecule has 4 rings (SSSR count). The van der Waals surface area contributed by atoms with Crippen molar-refractivity contribution in [3.8, 4) is 12.1 Å². The molecule has 3 aromatic carbocycles. The van der Waals surface area contributed by atoms with Gasteiger partial charge in [0.15, 0.2) is 0 Å². The van der Waals surface area contributed by atoms with Crippen molar-refractivity contribution in [3.05, 3.63) is 83.9 Å². The van der Waals surface area contributed by atoms with Gasteiger partial charge in [0.2, 0.25) is 0 Å². The molecule has 0 aliphatic carbocycles. The summed E-state index contributed by atoms with van der Waals surface area (Å²) >= 11 is 0. The minimum absolute atomic E-state index is 0.554. The van der Waals surface area contributed by atoms with Gasteiger partial charge in [-0.15, -0.1) is 0 Å². The Hall–Kier alpha value is -3.62. The molecule has 0 N–H and O–H groups in total. The van der Waals surface area contributed by atoms with Crippen LogP contribution in [0, 0.1) is 22.7 Å². The maximum Gasteiger partial charge on any atom is 0.467 e.